The molecule has 0 aliphatic heterocycles. The van der Waals surface area contributed by atoms with Crippen LogP contribution in [0.4, 0.5) is 4.39 Å². The van der Waals surface area contributed by atoms with Gasteiger partial charge in [-0.15, -0.1) is 0 Å². The van der Waals surface area contributed by atoms with E-state index in [1.54, 1.807) is 37.4 Å². The van der Waals surface area contributed by atoms with Crippen LogP contribution in [0.2, 0.25) is 0 Å². The van der Waals surface area contributed by atoms with Gasteiger partial charge in [-0.1, -0.05) is 12.1 Å². The van der Waals surface area contributed by atoms with E-state index >= 15 is 0 Å². The summed E-state index contributed by atoms with van der Waals surface area (Å²) in [6.45, 7) is 1.18. The summed E-state index contributed by atoms with van der Waals surface area (Å²) in [6.07, 6.45) is 4.47. The van der Waals surface area contributed by atoms with Crippen molar-refractivity contribution < 1.29 is 12.8 Å². The second-order valence-corrected chi connectivity index (χ2v) is 9.36. The zero-order chi connectivity index (χ0) is 21.8. The number of halogens is 1. The smallest absolute Gasteiger partial charge is 0.240 e. The average molecular weight is 444 g/mol. The monoisotopic (exact) mass is 443 g/mol. The molecular weight excluding hydrogens is 417 g/mol. The summed E-state index contributed by atoms with van der Waals surface area (Å²) >= 11 is 0. The van der Waals surface area contributed by atoms with Gasteiger partial charge in [0.15, 0.2) is 5.96 Å². The minimum Gasteiger partial charge on any atom is -0.361 e. The standard InChI is InChI=1S/C22H26FN5O2S/c1-24-22(25-11-10-16-14-26-21-12-17(23)4-9-20(16)21)27-13-15-2-7-19(8-3-15)31(29,30)28-18-5-6-18/h2-4,7-9,12,14,18,26,28H,5-6,10-11,13H2,1H3,(H2,24,25,27). The molecule has 7 nitrogen and oxygen atoms in total. The van der Waals surface area contributed by atoms with E-state index in [0.29, 0.717) is 19.0 Å². The second kappa shape index (κ2) is 9.07. The van der Waals surface area contributed by atoms with Crippen molar-refractivity contribution in [2.45, 2.75) is 36.7 Å². The lowest BCUT2D eigenvalue weighted by Crippen LogP contribution is -2.37. The minimum atomic E-state index is -3.43. The Bertz CT molecular complexity index is 1180. The number of sulfonamides is 1. The molecule has 0 bridgehead atoms. The van der Waals surface area contributed by atoms with Crippen LogP contribution in [0.1, 0.15) is 24.0 Å². The Hall–Kier alpha value is -2.91. The van der Waals surface area contributed by atoms with E-state index < -0.39 is 10.0 Å². The maximum atomic E-state index is 13.3. The molecule has 0 saturated heterocycles. The van der Waals surface area contributed by atoms with Gasteiger partial charge in [-0.3, -0.25) is 4.99 Å². The summed E-state index contributed by atoms with van der Waals surface area (Å²) in [6, 6.07) is 11.7. The van der Waals surface area contributed by atoms with Gasteiger partial charge in [-0.05, 0) is 60.7 Å². The summed E-state index contributed by atoms with van der Waals surface area (Å²) < 4.78 is 40.5. The third-order valence-corrected chi connectivity index (χ3v) is 6.77. The highest BCUT2D eigenvalue weighted by molar-refractivity contribution is 7.89. The van der Waals surface area contributed by atoms with Crippen molar-refractivity contribution in [3.05, 3.63) is 65.6 Å². The van der Waals surface area contributed by atoms with E-state index in [0.717, 1.165) is 41.3 Å². The Morgan fingerprint density at radius 3 is 2.65 bits per heavy atom. The van der Waals surface area contributed by atoms with Crippen LogP contribution in [-0.4, -0.2) is 39.0 Å². The molecule has 3 aromatic rings. The molecule has 1 saturated carbocycles. The number of benzene rings is 2. The quantitative estimate of drug-likeness (QED) is 0.318. The molecule has 0 unspecified atom stereocenters. The van der Waals surface area contributed by atoms with Crippen molar-refractivity contribution in [3.63, 3.8) is 0 Å². The first-order chi connectivity index (χ1) is 14.9. The van der Waals surface area contributed by atoms with Crippen LogP contribution < -0.4 is 15.4 Å². The van der Waals surface area contributed by atoms with Crippen molar-refractivity contribution >= 4 is 26.9 Å². The molecule has 4 rings (SSSR count). The van der Waals surface area contributed by atoms with Gasteiger partial charge < -0.3 is 15.6 Å². The summed E-state index contributed by atoms with van der Waals surface area (Å²) in [5.41, 5.74) is 2.84. The number of guanidine groups is 1. The molecule has 2 aromatic carbocycles. The van der Waals surface area contributed by atoms with Gasteiger partial charge in [-0.25, -0.2) is 17.5 Å². The van der Waals surface area contributed by atoms with E-state index in [1.165, 1.54) is 12.1 Å². The molecule has 31 heavy (non-hydrogen) atoms. The highest BCUT2D eigenvalue weighted by Crippen LogP contribution is 2.22. The number of aliphatic imine (C=N–C) groups is 1. The van der Waals surface area contributed by atoms with Crippen molar-refractivity contribution in [1.82, 2.24) is 20.3 Å². The second-order valence-electron chi connectivity index (χ2n) is 7.65. The molecular formula is C22H26FN5O2S. The van der Waals surface area contributed by atoms with Crippen molar-refractivity contribution in [2.75, 3.05) is 13.6 Å². The molecule has 1 fully saturated rings. The van der Waals surface area contributed by atoms with Crippen LogP contribution in [0.3, 0.4) is 0 Å². The SMILES string of the molecule is CN=C(NCCc1c[nH]c2cc(F)ccc12)NCc1ccc(S(=O)(=O)NC2CC2)cc1. The van der Waals surface area contributed by atoms with E-state index in [1.807, 2.05) is 6.20 Å². The van der Waals surface area contributed by atoms with E-state index in [2.05, 4.69) is 25.3 Å². The van der Waals surface area contributed by atoms with E-state index in [4.69, 9.17) is 0 Å². The number of fused-ring (bicyclic) bond motifs is 1. The van der Waals surface area contributed by atoms with Gasteiger partial charge in [0.25, 0.3) is 0 Å². The first-order valence-corrected chi connectivity index (χ1v) is 11.7. The summed E-state index contributed by atoms with van der Waals surface area (Å²) in [4.78, 5) is 7.60. The molecule has 1 aromatic heterocycles. The maximum absolute atomic E-state index is 13.3. The molecule has 4 N–H and O–H groups in total. The fourth-order valence-corrected chi connectivity index (χ4v) is 4.67. The Balaban J connectivity index is 1.27. The summed E-state index contributed by atoms with van der Waals surface area (Å²) in [5.74, 6) is 0.395. The van der Waals surface area contributed by atoms with Crippen LogP contribution in [-0.2, 0) is 23.0 Å². The fraction of sp³-hybridized carbons (Fsp3) is 0.318. The van der Waals surface area contributed by atoms with Crippen LogP contribution in [0.5, 0.6) is 0 Å². The number of nitrogens with zero attached hydrogens (tertiary/aromatic N) is 1. The van der Waals surface area contributed by atoms with Crippen LogP contribution in [0, 0.1) is 5.82 Å². The van der Waals surface area contributed by atoms with Gasteiger partial charge in [0.05, 0.1) is 4.90 Å². The molecule has 164 valence electrons. The van der Waals surface area contributed by atoms with Gasteiger partial charge in [-0.2, -0.15) is 0 Å². The molecule has 0 radical (unpaired) electrons. The fourth-order valence-electron chi connectivity index (χ4n) is 3.36. The first kappa shape index (κ1) is 21.3. The van der Waals surface area contributed by atoms with Gasteiger partial charge >= 0.3 is 0 Å². The van der Waals surface area contributed by atoms with Crippen molar-refractivity contribution in [3.8, 4) is 0 Å². The van der Waals surface area contributed by atoms with E-state index in [-0.39, 0.29) is 16.8 Å². The third-order valence-electron chi connectivity index (χ3n) is 5.23. The Morgan fingerprint density at radius 1 is 1.16 bits per heavy atom. The molecule has 0 atom stereocenters. The number of aromatic amines is 1. The van der Waals surface area contributed by atoms with Crippen LogP contribution in [0.15, 0.2) is 58.5 Å². The normalized spacial score (nSPS) is 14.7. The first-order valence-electron chi connectivity index (χ1n) is 10.3. The molecule has 0 spiro atoms. The number of H-pyrrole nitrogens is 1. The summed E-state index contributed by atoms with van der Waals surface area (Å²) in [7, 11) is -1.73. The number of hydrogen-bond donors (Lipinski definition) is 4. The largest absolute Gasteiger partial charge is 0.361 e. The predicted molar refractivity (Wildman–Crippen MR) is 120 cm³/mol. The topological polar surface area (TPSA) is 98.4 Å². The molecule has 1 aliphatic carbocycles. The van der Waals surface area contributed by atoms with Gasteiger partial charge in [0.1, 0.15) is 5.82 Å². The molecule has 9 heteroatoms. The number of aromatic nitrogens is 1. The third kappa shape index (κ3) is 5.42. The molecule has 1 heterocycles. The average Bonchev–Trinajstić information content (AvgIpc) is 3.48. The van der Waals surface area contributed by atoms with Crippen LogP contribution in [0.25, 0.3) is 10.9 Å². The highest BCUT2D eigenvalue weighted by atomic mass is 32.2. The Morgan fingerprint density at radius 2 is 1.94 bits per heavy atom. The predicted octanol–water partition coefficient (Wildman–Crippen LogP) is 2.66. The number of rotatable bonds is 8. The number of hydrogen-bond acceptors (Lipinski definition) is 3. The van der Waals surface area contributed by atoms with Gasteiger partial charge in [0, 0.05) is 43.3 Å². The number of nitrogens with one attached hydrogen (secondary N) is 4. The zero-order valence-electron chi connectivity index (χ0n) is 17.3. The zero-order valence-corrected chi connectivity index (χ0v) is 18.1. The lowest BCUT2D eigenvalue weighted by atomic mass is 10.1. The lowest BCUT2D eigenvalue weighted by Gasteiger charge is -2.12. The molecule has 0 amide bonds. The summed E-state index contributed by atoms with van der Waals surface area (Å²) in [5, 5.41) is 7.50. The van der Waals surface area contributed by atoms with Gasteiger partial charge in [0.2, 0.25) is 10.0 Å². The minimum absolute atomic E-state index is 0.0890. The van der Waals surface area contributed by atoms with Crippen LogP contribution >= 0.6 is 0 Å². The molecule has 1 aliphatic rings. The highest BCUT2D eigenvalue weighted by Gasteiger charge is 2.27. The maximum Gasteiger partial charge on any atom is 0.240 e. The lowest BCUT2D eigenvalue weighted by molar-refractivity contribution is 0.581. The Kier molecular flexibility index (Phi) is 6.24. The Labute approximate surface area is 181 Å². The van der Waals surface area contributed by atoms with Crippen molar-refractivity contribution in [1.29, 1.82) is 0 Å². The van der Waals surface area contributed by atoms with Crippen molar-refractivity contribution in [2.24, 2.45) is 4.99 Å². The van der Waals surface area contributed by atoms with E-state index in [9.17, 15) is 12.8 Å².